The molecular weight excluding hydrogens is 308 g/mol. The molecule has 3 nitrogen and oxygen atoms in total. The fraction of sp³-hybridized carbons (Fsp3) is 0.250. The molecule has 0 saturated carbocycles. The Labute approximate surface area is 129 Å². The maximum absolute atomic E-state index is 12.4. The van der Waals surface area contributed by atoms with Crippen molar-refractivity contribution in [1.29, 1.82) is 0 Å². The van der Waals surface area contributed by atoms with E-state index in [0.717, 1.165) is 16.9 Å². The molecule has 5 heteroatoms. The van der Waals surface area contributed by atoms with Gasteiger partial charge in [0.25, 0.3) is 0 Å². The first-order valence-electron chi connectivity index (χ1n) is 6.68. The molecular formula is C16H15ClO3S. The lowest BCUT2D eigenvalue weighted by Crippen LogP contribution is -2.25. The van der Waals surface area contributed by atoms with Gasteiger partial charge in [0.2, 0.25) is 0 Å². The predicted molar refractivity (Wildman–Crippen MR) is 82.8 cm³/mol. The fourth-order valence-electron chi connectivity index (χ4n) is 2.47. The highest BCUT2D eigenvalue weighted by Gasteiger charge is 2.28. The largest absolute Gasteiger partial charge is 0.489 e. The Morgan fingerprint density at radius 2 is 1.90 bits per heavy atom. The third-order valence-corrected chi connectivity index (χ3v) is 5.59. The van der Waals surface area contributed by atoms with Crippen LogP contribution in [0.4, 0.5) is 0 Å². The van der Waals surface area contributed by atoms with Crippen molar-refractivity contribution < 1.29 is 13.2 Å². The first kappa shape index (κ1) is 14.4. The summed E-state index contributed by atoms with van der Waals surface area (Å²) in [6, 6.07) is 12.3. The van der Waals surface area contributed by atoms with Gasteiger partial charge in [0, 0.05) is 11.4 Å². The molecule has 0 N–H and O–H groups in total. The second-order valence-electron chi connectivity index (χ2n) is 5.29. The summed E-state index contributed by atoms with van der Waals surface area (Å²) in [5.41, 5.74) is 2.00. The van der Waals surface area contributed by atoms with E-state index in [1.54, 1.807) is 36.4 Å². The molecule has 0 saturated heterocycles. The Morgan fingerprint density at radius 3 is 2.62 bits per heavy atom. The molecule has 0 aliphatic carbocycles. The summed E-state index contributed by atoms with van der Waals surface area (Å²) < 4.78 is 30.5. The lowest BCUT2D eigenvalue weighted by Gasteiger charge is -2.11. The molecule has 3 rings (SSSR count). The maximum Gasteiger partial charge on any atom is 0.182 e. The van der Waals surface area contributed by atoms with Gasteiger partial charge >= 0.3 is 0 Å². The van der Waals surface area contributed by atoms with E-state index in [1.165, 1.54) is 0 Å². The highest BCUT2D eigenvalue weighted by atomic mass is 35.5. The third kappa shape index (κ3) is 3.06. The quantitative estimate of drug-likeness (QED) is 0.869. The molecule has 0 amide bonds. The van der Waals surface area contributed by atoms with Crippen molar-refractivity contribution in [3.63, 3.8) is 0 Å². The van der Waals surface area contributed by atoms with Crippen LogP contribution in [0, 0.1) is 6.92 Å². The summed E-state index contributed by atoms with van der Waals surface area (Å²) in [5.74, 6) is 0.700. The van der Waals surface area contributed by atoms with Crippen molar-refractivity contribution in [2.75, 3.05) is 5.75 Å². The average Bonchev–Trinajstić information content (AvgIpc) is 2.79. The third-order valence-electron chi connectivity index (χ3n) is 3.55. The monoisotopic (exact) mass is 322 g/mol. The number of ether oxygens (including phenoxy) is 1. The molecule has 1 atom stereocenters. The summed E-state index contributed by atoms with van der Waals surface area (Å²) >= 11 is 5.94. The van der Waals surface area contributed by atoms with E-state index in [4.69, 9.17) is 16.3 Å². The second-order valence-corrected chi connectivity index (χ2v) is 7.76. The fourth-order valence-corrected chi connectivity index (χ4v) is 4.08. The van der Waals surface area contributed by atoms with Gasteiger partial charge in [-0.1, -0.05) is 29.3 Å². The Hall–Kier alpha value is -1.52. The first-order valence-corrected chi connectivity index (χ1v) is 8.71. The highest BCUT2D eigenvalue weighted by molar-refractivity contribution is 7.91. The molecule has 0 spiro atoms. The van der Waals surface area contributed by atoms with Crippen LogP contribution in [0.3, 0.4) is 0 Å². The molecule has 1 aliphatic heterocycles. The van der Waals surface area contributed by atoms with Gasteiger partial charge < -0.3 is 4.74 Å². The average molecular weight is 323 g/mol. The van der Waals surface area contributed by atoms with E-state index in [9.17, 15) is 8.42 Å². The van der Waals surface area contributed by atoms with Crippen LogP contribution in [0.5, 0.6) is 5.75 Å². The Morgan fingerprint density at radius 1 is 1.19 bits per heavy atom. The molecule has 2 aromatic carbocycles. The van der Waals surface area contributed by atoms with E-state index in [-0.39, 0.29) is 11.9 Å². The number of rotatable bonds is 3. The van der Waals surface area contributed by atoms with E-state index >= 15 is 0 Å². The van der Waals surface area contributed by atoms with Crippen LogP contribution in [0.15, 0.2) is 47.4 Å². The molecule has 1 heterocycles. The Kier molecular flexibility index (Phi) is 3.68. The number of sulfone groups is 1. The van der Waals surface area contributed by atoms with E-state index in [0.29, 0.717) is 16.3 Å². The summed E-state index contributed by atoms with van der Waals surface area (Å²) in [4.78, 5) is 0.339. The van der Waals surface area contributed by atoms with Crippen LogP contribution in [0.2, 0.25) is 5.02 Å². The number of hydrogen-bond donors (Lipinski definition) is 0. The van der Waals surface area contributed by atoms with Crippen LogP contribution < -0.4 is 4.74 Å². The Balaban J connectivity index is 1.77. The first-order chi connectivity index (χ1) is 9.94. The zero-order valence-electron chi connectivity index (χ0n) is 11.5. The number of hydrogen-bond acceptors (Lipinski definition) is 3. The topological polar surface area (TPSA) is 43.4 Å². The zero-order chi connectivity index (χ0) is 15.0. The minimum Gasteiger partial charge on any atom is -0.489 e. The molecule has 0 radical (unpaired) electrons. The molecule has 0 aromatic heterocycles. The summed E-state index contributed by atoms with van der Waals surface area (Å²) in [5, 5.41) is 0.638. The molecule has 0 bridgehead atoms. The van der Waals surface area contributed by atoms with Gasteiger partial charge in [-0.05, 0) is 42.8 Å². The van der Waals surface area contributed by atoms with Gasteiger partial charge in [-0.2, -0.15) is 0 Å². The zero-order valence-corrected chi connectivity index (χ0v) is 13.1. The Bertz CT molecular complexity index is 767. The standard InChI is InChI=1S/C16H15ClO3S/c1-11-2-5-15(6-3-11)21(18,19)10-14-9-12-8-13(17)4-7-16(12)20-14/h2-8,14H,9-10H2,1H3. The summed E-state index contributed by atoms with van der Waals surface area (Å²) in [6.45, 7) is 1.93. The van der Waals surface area contributed by atoms with E-state index < -0.39 is 9.84 Å². The molecule has 0 fully saturated rings. The lowest BCUT2D eigenvalue weighted by molar-refractivity contribution is 0.256. The van der Waals surface area contributed by atoms with Crippen LogP contribution in [0.25, 0.3) is 0 Å². The smallest absolute Gasteiger partial charge is 0.182 e. The molecule has 1 aliphatic rings. The van der Waals surface area contributed by atoms with Crippen molar-refractivity contribution in [2.24, 2.45) is 0 Å². The van der Waals surface area contributed by atoms with Crippen LogP contribution >= 0.6 is 11.6 Å². The number of halogens is 1. The van der Waals surface area contributed by atoms with Crippen LogP contribution in [-0.2, 0) is 16.3 Å². The predicted octanol–water partition coefficient (Wildman–Crippen LogP) is 3.43. The molecule has 1 unspecified atom stereocenters. The normalized spacial score (nSPS) is 17.3. The maximum atomic E-state index is 12.4. The van der Waals surface area contributed by atoms with E-state index in [1.807, 2.05) is 13.0 Å². The van der Waals surface area contributed by atoms with Gasteiger partial charge in [0.15, 0.2) is 9.84 Å². The SMILES string of the molecule is Cc1ccc(S(=O)(=O)CC2Cc3cc(Cl)ccc3O2)cc1. The number of aryl methyl sites for hydroxylation is 1. The van der Waals surface area contributed by atoms with Crippen molar-refractivity contribution >= 4 is 21.4 Å². The number of fused-ring (bicyclic) bond motifs is 1. The van der Waals surface area contributed by atoms with Crippen molar-refractivity contribution in [3.8, 4) is 5.75 Å². The van der Waals surface area contributed by atoms with Crippen LogP contribution in [-0.4, -0.2) is 20.3 Å². The second kappa shape index (κ2) is 5.35. The van der Waals surface area contributed by atoms with Crippen molar-refractivity contribution in [1.82, 2.24) is 0 Å². The molecule has 110 valence electrons. The van der Waals surface area contributed by atoms with Gasteiger partial charge in [0.05, 0.1) is 10.6 Å². The highest BCUT2D eigenvalue weighted by Crippen LogP contribution is 2.32. The minimum absolute atomic E-state index is 0.0254. The summed E-state index contributed by atoms with van der Waals surface area (Å²) in [6.07, 6.45) is 0.214. The van der Waals surface area contributed by atoms with Gasteiger partial charge in [-0.3, -0.25) is 0 Å². The van der Waals surface area contributed by atoms with E-state index in [2.05, 4.69) is 0 Å². The molecule has 2 aromatic rings. The molecule has 21 heavy (non-hydrogen) atoms. The number of benzene rings is 2. The minimum atomic E-state index is -3.35. The summed E-state index contributed by atoms with van der Waals surface area (Å²) in [7, 11) is -3.35. The van der Waals surface area contributed by atoms with Crippen molar-refractivity contribution in [2.45, 2.75) is 24.3 Å². The van der Waals surface area contributed by atoms with Crippen molar-refractivity contribution in [3.05, 3.63) is 58.6 Å². The van der Waals surface area contributed by atoms with Crippen LogP contribution in [0.1, 0.15) is 11.1 Å². The van der Waals surface area contributed by atoms with Gasteiger partial charge in [0.1, 0.15) is 11.9 Å². The van der Waals surface area contributed by atoms with Gasteiger partial charge in [-0.25, -0.2) is 8.42 Å². The lowest BCUT2D eigenvalue weighted by atomic mass is 10.1. The van der Waals surface area contributed by atoms with Gasteiger partial charge in [-0.15, -0.1) is 0 Å².